The number of amides is 3. The molecule has 0 aromatic heterocycles. The van der Waals surface area contributed by atoms with E-state index in [9.17, 15) is 14.4 Å². The first-order chi connectivity index (χ1) is 10.9. The topological polar surface area (TPSA) is 87.7 Å². The van der Waals surface area contributed by atoms with Crippen molar-refractivity contribution in [3.05, 3.63) is 35.9 Å². The van der Waals surface area contributed by atoms with Crippen molar-refractivity contribution in [3.8, 4) is 0 Å². The van der Waals surface area contributed by atoms with E-state index in [0.717, 1.165) is 5.56 Å². The van der Waals surface area contributed by atoms with Crippen molar-refractivity contribution in [3.63, 3.8) is 0 Å². The lowest BCUT2D eigenvalue weighted by Gasteiger charge is -2.21. The van der Waals surface area contributed by atoms with Gasteiger partial charge in [-0.1, -0.05) is 30.3 Å². The maximum atomic E-state index is 12.1. The molecule has 7 nitrogen and oxygen atoms in total. The third-order valence-corrected chi connectivity index (χ3v) is 3.05. The molecule has 0 spiro atoms. The van der Waals surface area contributed by atoms with E-state index < -0.39 is 12.1 Å². The number of alkyl carbamates (subject to hydrolysis) is 1. The molecule has 0 aliphatic carbocycles. The number of carbonyl (C=O) groups excluding carboxylic acids is 3. The van der Waals surface area contributed by atoms with Gasteiger partial charge in [-0.2, -0.15) is 0 Å². The van der Waals surface area contributed by atoms with Crippen molar-refractivity contribution in [2.45, 2.75) is 26.5 Å². The molecule has 1 atom stereocenters. The second-order valence-electron chi connectivity index (χ2n) is 5.08. The number of benzene rings is 1. The van der Waals surface area contributed by atoms with Crippen LogP contribution in [0.2, 0.25) is 0 Å². The molecule has 0 aliphatic rings. The normalized spacial score (nSPS) is 11.3. The summed E-state index contributed by atoms with van der Waals surface area (Å²) in [6.45, 7) is 3.91. The van der Waals surface area contributed by atoms with Gasteiger partial charge in [0.05, 0.1) is 6.54 Å². The highest BCUT2D eigenvalue weighted by Crippen LogP contribution is 2.01. The highest BCUT2D eigenvalue weighted by atomic mass is 16.5. The van der Waals surface area contributed by atoms with Gasteiger partial charge in [0.2, 0.25) is 11.8 Å². The number of nitrogens with one attached hydrogen (secondary N) is 2. The zero-order valence-corrected chi connectivity index (χ0v) is 13.7. The lowest BCUT2D eigenvalue weighted by atomic mass is 10.2. The lowest BCUT2D eigenvalue weighted by molar-refractivity contribution is -0.135. The Bertz CT molecular complexity index is 533. The van der Waals surface area contributed by atoms with Crippen LogP contribution < -0.4 is 10.6 Å². The predicted molar refractivity (Wildman–Crippen MR) is 85.5 cm³/mol. The Labute approximate surface area is 136 Å². The molecular formula is C16H23N3O4. The molecular weight excluding hydrogens is 298 g/mol. The molecule has 3 amide bonds. The number of hydrogen-bond acceptors (Lipinski definition) is 4. The predicted octanol–water partition coefficient (Wildman–Crippen LogP) is 0.896. The first-order valence-corrected chi connectivity index (χ1v) is 7.43. The molecule has 126 valence electrons. The fourth-order valence-electron chi connectivity index (χ4n) is 1.88. The molecule has 0 radical (unpaired) electrons. The van der Waals surface area contributed by atoms with E-state index in [0.29, 0.717) is 6.54 Å². The van der Waals surface area contributed by atoms with Gasteiger partial charge in [-0.15, -0.1) is 0 Å². The van der Waals surface area contributed by atoms with Gasteiger partial charge in [-0.3, -0.25) is 9.59 Å². The van der Waals surface area contributed by atoms with Crippen molar-refractivity contribution in [2.75, 3.05) is 20.1 Å². The minimum Gasteiger partial charge on any atom is -0.445 e. The van der Waals surface area contributed by atoms with Crippen LogP contribution in [0.1, 0.15) is 19.4 Å². The van der Waals surface area contributed by atoms with Gasteiger partial charge in [-0.05, 0) is 19.4 Å². The van der Waals surface area contributed by atoms with E-state index in [1.165, 1.54) is 11.9 Å². The highest BCUT2D eigenvalue weighted by molar-refractivity contribution is 5.89. The Kier molecular flexibility index (Phi) is 7.59. The molecule has 2 N–H and O–H groups in total. The molecule has 1 aromatic rings. The SMILES string of the molecule is CCNC(=O)CN(C)C(=O)[C@H](C)NC(=O)OCc1ccccc1. The summed E-state index contributed by atoms with van der Waals surface area (Å²) in [5.41, 5.74) is 0.856. The third kappa shape index (κ3) is 6.82. The molecule has 7 heteroatoms. The number of nitrogens with zero attached hydrogens (tertiary/aromatic N) is 1. The minimum absolute atomic E-state index is 0.0578. The summed E-state index contributed by atoms with van der Waals surface area (Å²) in [5, 5.41) is 5.06. The van der Waals surface area contributed by atoms with Crippen LogP contribution in [0.4, 0.5) is 4.79 Å². The molecule has 0 bridgehead atoms. The lowest BCUT2D eigenvalue weighted by Crippen LogP contribution is -2.48. The van der Waals surface area contributed by atoms with Crippen LogP contribution in [0.5, 0.6) is 0 Å². The van der Waals surface area contributed by atoms with E-state index in [1.54, 1.807) is 13.8 Å². The molecule has 23 heavy (non-hydrogen) atoms. The zero-order valence-electron chi connectivity index (χ0n) is 13.7. The number of rotatable bonds is 7. The van der Waals surface area contributed by atoms with E-state index in [2.05, 4.69) is 10.6 Å². The first-order valence-electron chi connectivity index (χ1n) is 7.43. The van der Waals surface area contributed by atoms with Crippen LogP contribution in [0.15, 0.2) is 30.3 Å². The summed E-state index contributed by atoms with van der Waals surface area (Å²) in [4.78, 5) is 36.5. The van der Waals surface area contributed by atoms with Crippen LogP contribution in [-0.2, 0) is 20.9 Å². The second-order valence-corrected chi connectivity index (χ2v) is 5.08. The molecule has 0 unspecified atom stereocenters. The van der Waals surface area contributed by atoms with Gasteiger partial charge < -0.3 is 20.3 Å². The van der Waals surface area contributed by atoms with Crippen LogP contribution in [0, 0.1) is 0 Å². The minimum atomic E-state index is -0.780. The van der Waals surface area contributed by atoms with Gasteiger partial charge in [-0.25, -0.2) is 4.79 Å². The van der Waals surface area contributed by atoms with Gasteiger partial charge in [0.15, 0.2) is 0 Å². The fraction of sp³-hybridized carbons (Fsp3) is 0.438. The van der Waals surface area contributed by atoms with Gasteiger partial charge in [0, 0.05) is 13.6 Å². The highest BCUT2D eigenvalue weighted by Gasteiger charge is 2.21. The van der Waals surface area contributed by atoms with E-state index in [-0.39, 0.29) is 25.0 Å². The van der Waals surface area contributed by atoms with E-state index in [1.807, 2.05) is 30.3 Å². The molecule has 1 aromatic carbocycles. The van der Waals surface area contributed by atoms with Crippen LogP contribution in [-0.4, -0.2) is 49.0 Å². The zero-order chi connectivity index (χ0) is 17.2. The fourth-order valence-corrected chi connectivity index (χ4v) is 1.88. The maximum Gasteiger partial charge on any atom is 0.408 e. The Hall–Kier alpha value is -2.57. The average Bonchev–Trinajstić information content (AvgIpc) is 2.53. The van der Waals surface area contributed by atoms with Crippen molar-refractivity contribution < 1.29 is 19.1 Å². The number of carbonyl (C=O) groups is 3. The standard InChI is InChI=1S/C16H23N3O4/c1-4-17-14(20)10-19(3)15(21)12(2)18-16(22)23-11-13-8-6-5-7-9-13/h5-9,12H,4,10-11H2,1-3H3,(H,17,20)(H,18,22)/t12-/m0/s1. The molecule has 0 saturated carbocycles. The molecule has 0 fully saturated rings. The van der Waals surface area contributed by atoms with Crippen LogP contribution in [0.25, 0.3) is 0 Å². The summed E-state index contributed by atoms with van der Waals surface area (Å²) < 4.78 is 5.05. The Morgan fingerprint density at radius 1 is 1.22 bits per heavy atom. The Balaban J connectivity index is 2.38. The summed E-state index contributed by atoms with van der Waals surface area (Å²) in [6.07, 6.45) is -0.680. The van der Waals surface area contributed by atoms with Gasteiger partial charge in [0.25, 0.3) is 0 Å². The average molecular weight is 321 g/mol. The first kappa shape index (κ1) is 18.5. The van der Waals surface area contributed by atoms with E-state index >= 15 is 0 Å². The smallest absolute Gasteiger partial charge is 0.408 e. The number of likely N-dealkylation sites (N-methyl/N-ethyl adjacent to an activating group) is 2. The largest absolute Gasteiger partial charge is 0.445 e. The summed E-state index contributed by atoms with van der Waals surface area (Å²) >= 11 is 0. The Morgan fingerprint density at radius 2 is 1.87 bits per heavy atom. The molecule has 0 aliphatic heterocycles. The second kappa shape index (κ2) is 9.45. The number of ether oxygens (including phenoxy) is 1. The Morgan fingerprint density at radius 3 is 2.48 bits per heavy atom. The van der Waals surface area contributed by atoms with Crippen LogP contribution in [0.3, 0.4) is 0 Å². The van der Waals surface area contributed by atoms with E-state index in [4.69, 9.17) is 4.74 Å². The molecule has 0 saturated heterocycles. The van der Waals surface area contributed by atoms with Crippen molar-refractivity contribution >= 4 is 17.9 Å². The maximum absolute atomic E-state index is 12.1. The molecule has 0 heterocycles. The van der Waals surface area contributed by atoms with Crippen molar-refractivity contribution in [1.29, 1.82) is 0 Å². The van der Waals surface area contributed by atoms with Gasteiger partial charge >= 0.3 is 6.09 Å². The quantitative estimate of drug-likeness (QED) is 0.781. The molecule has 1 rings (SSSR count). The van der Waals surface area contributed by atoms with Crippen molar-refractivity contribution in [2.24, 2.45) is 0 Å². The monoisotopic (exact) mass is 321 g/mol. The number of hydrogen-bond donors (Lipinski definition) is 2. The van der Waals surface area contributed by atoms with Gasteiger partial charge in [0.1, 0.15) is 12.6 Å². The summed E-state index contributed by atoms with van der Waals surface area (Å²) in [5.74, 6) is -0.616. The van der Waals surface area contributed by atoms with Crippen molar-refractivity contribution in [1.82, 2.24) is 15.5 Å². The summed E-state index contributed by atoms with van der Waals surface area (Å²) in [7, 11) is 1.51. The van der Waals surface area contributed by atoms with Crippen LogP contribution >= 0.6 is 0 Å². The summed E-state index contributed by atoms with van der Waals surface area (Å²) in [6, 6.07) is 8.45. The third-order valence-electron chi connectivity index (χ3n) is 3.05.